The largest absolute Gasteiger partial charge is 0.464 e. The summed E-state index contributed by atoms with van der Waals surface area (Å²) >= 11 is 0. The molecule has 1 rings (SSSR count). The van der Waals surface area contributed by atoms with Crippen molar-refractivity contribution in [3.8, 4) is 0 Å². The molecule has 0 aliphatic carbocycles. The number of hydrogen-bond donors (Lipinski definition) is 0. The van der Waals surface area contributed by atoms with E-state index in [1.165, 1.54) is 19.1 Å². The SMILES string of the molecule is CCOC(=O)C(N=Nc1ccccc1)C(=O)C(F)(F)F. The van der Waals surface area contributed by atoms with Crippen LogP contribution in [0.2, 0.25) is 0 Å². The first-order valence-electron chi connectivity index (χ1n) is 5.59. The minimum atomic E-state index is -5.19. The third-order valence-corrected chi connectivity index (χ3v) is 2.08. The van der Waals surface area contributed by atoms with Crippen molar-refractivity contribution in [3.63, 3.8) is 0 Å². The number of hydrogen-bond acceptors (Lipinski definition) is 5. The normalized spacial score (nSPS) is 13.2. The Balaban J connectivity index is 2.97. The summed E-state index contributed by atoms with van der Waals surface area (Å²) < 4.78 is 41.5. The van der Waals surface area contributed by atoms with Crippen molar-refractivity contribution in [2.45, 2.75) is 19.1 Å². The molecule has 0 aromatic heterocycles. The van der Waals surface area contributed by atoms with Gasteiger partial charge in [-0.3, -0.25) is 4.79 Å². The van der Waals surface area contributed by atoms with Crippen molar-refractivity contribution < 1.29 is 27.5 Å². The minimum Gasteiger partial charge on any atom is -0.464 e. The Morgan fingerprint density at radius 3 is 2.35 bits per heavy atom. The Bertz CT molecular complexity index is 500. The lowest BCUT2D eigenvalue weighted by atomic mass is 10.2. The smallest absolute Gasteiger partial charge is 0.453 e. The Morgan fingerprint density at radius 1 is 1.25 bits per heavy atom. The van der Waals surface area contributed by atoms with Crippen LogP contribution in [0.5, 0.6) is 0 Å². The summed E-state index contributed by atoms with van der Waals surface area (Å²) in [5, 5.41) is 6.61. The van der Waals surface area contributed by atoms with Gasteiger partial charge in [-0.15, -0.1) is 0 Å². The average Bonchev–Trinajstić information content (AvgIpc) is 2.39. The Kier molecular flexibility index (Phi) is 5.36. The molecule has 0 saturated heterocycles. The van der Waals surface area contributed by atoms with E-state index in [9.17, 15) is 22.8 Å². The van der Waals surface area contributed by atoms with Crippen LogP contribution in [0.3, 0.4) is 0 Å². The molecule has 8 heteroatoms. The fourth-order valence-electron chi connectivity index (χ4n) is 1.20. The number of carbonyl (C=O) groups excluding carboxylic acids is 2. The Hall–Kier alpha value is -2.25. The maximum atomic E-state index is 12.4. The lowest BCUT2D eigenvalue weighted by molar-refractivity contribution is -0.176. The van der Waals surface area contributed by atoms with Gasteiger partial charge in [-0.1, -0.05) is 18.2 Å². The molecule has 1 aromatic carbocycles. The van der Waals surface area contributed by atoms with E-state index in [0.29, 0.717) is 0 Å². The van der Waals surface area contributed by atoms with Crippen LogP contribution in [0, 0.1) is 0 Å². The zero-order valence-corrected chi connectivity index (χ0v) is 10.4. The van der Waals surface area contributed by atoms with Gasteiger partial charge in [0.1, 0.15) is 0 Å². The van der Waals surface area contributed by atoms with Gasteiger partial charge < -0.3 is 4.74 Å². The molecule has 1 aromatic rings. The van der Waals surface area contributed by atoms with Crippen LogP contribution in [-0.4, -0.2) is 30.6 Å². The molecule has 0 radical (unpaired) electrons. The highest BCUT2D eigenvalue weighted by Gasteiger charge is 2.47. The number of esters is 1. The molecule has 1 unspecified atom stereocenters. The number of halogens is 3. The summed E-state index contributed by atoms with van der Waals surface area (Å²) in [6, 6.07) is 5.42. The van der Waals surface area contributed by atoms with Gasteiger partial charge in [0.15, 0.2) is 0 Å². The van der Waals surface area contributed by atoms with Crippen LogP contribution in [0.15, 0.2) is 40.6 Å². The number of nitrogens with zero attached hydrogens (tertiary/aromatic N) is 2. The Labute approximate surface area is 112 Å². The van der Waals surface area contributed by atoms with E-state index >= 15 is 0 Å². The molecule has 0 amide bonds. The molecule has 0 bridgehead atoms. The quantitative estimate of drug-likeness (QED) is 0.475. The predicted molar refractivity (Wildman–Crippen MR) is 62.4 cm³/mol. The fraction of sp³-hybridized carbons (Fsp3) is 0.333. The number of Topliss-reactive ketones (excluding diaryl/α,β-unsaturated/α-hetero) is 1. The maximum absolute atomic E-state index is 12.4. The van der Waals surface area contributed by atoms with Crippen molar-refractivity contribution in [2.24, 2.45) is 10.2 Å². The molecule has 0 heterocycles. The van der Waals surface area contributed by atoms with Crippen molar-refractivity contribution in [1.82, 2.24) is 0 Å². The van der Waals surface area contributed by atoms with E-state index in [1.54, 1.807) is 18.2 Å². The highest BCUT2D eigenvalue weighted by molar-refractivity contribution is 6.05. The van der Waals surface area contributed by atoms with Gasteiger partial charge in [0.2, 0.25) is 6.04 Å². The molecule has 5 nitrogen and oxygen atoms in total. The van der Waals surface area contributed by atoms with E-state index < -0.39 is 24.0 Å². The molecule has 0 spiro atoms. The molecule has 0 fully saturated rings. The molecule has 0 saturated carbocycles. The van der Waals surface area contributed by atoms with E-state index in [2.05, 4.69) is 15.0 Å². The summed E-state index contributed by atoms with van der Waals surface area (Å²) in [6.07, 6.45) is -5.19. The molecule has 0 N–H and O–H groups in total. The number of azo groups is 1. The first-order valence-corrected chi connectivity index (χ1v) is 5.59. The first kappa shape index (κ1) is 15.8. The van der Waals surface area contributed by atoms with Crippen molar-refractivity contribution in [2.75, 3.05) is 6.61 Å². The minimum absolute atomic E-state index is 0.165. The van der Waals surface area contributed by atoms with Gasteiger partial charge in [0.05, 0.1) is 12.3 Å². The van der Waals surface area contributed by atoms with Gasteiger partial charge in [0.25, 0.3) is 5.78 Å². The van der Waals surface area contributed by atoms with E-state index in [0.717, 1.165) is 0 Å². The average molecular weight is 288 g/mol. The van der Waals surface area contributed by atoms with E-state index in [-0.39, 0.29) is 12.3 Å². The molecular formula is C12H11F3N2O3. The zero-order valence-electron chi connectivity index (χ0n) is 10.4. The maximum Gasteiger partial charge on any atom is 0.453 e. The Morgan fingerprint density at radius 2 is 1.85 bits per heavy atom. The second-order valence-electron chi connectivity index (χ2n) is 3.57. The van der Waals surface area contributed by atoms with E-state index in [4.69, 9.17) is 0 Å². The highest BCUT2D eigenvalue weighted by Crippen LogP contribution is 2.21. The lowest BCUT2D eigenvalue weighted by Crippen LogP contribution is -2.39. The van der Waals surface area contributed by atoms with Crippen molar-refractivity contribution in [1.29, 1.82) is 0 Å². The number of ketones is 1. The summed E-state index contributed by atoms with van der Waals surface area (Å²) in [5.74, 6) is -3.69. The van der Waals surface area contributed by atoms with Crippen LogP contribution in [-0.2, 0) is 14.3 Å². The number of rotatable bonds is 5. The number of benzene rings is 1. The topological polar surface area (TPSA) is 68.1 Å². The van der Waals surface area contributed by atoms with Crippen molar-refractivity contribution >= 4 is 17.4 Å². The number of alkyl halides is 3. The lowest BCUT2D eigenvalue weighted by Gasteiger charge is -2.11. The second-order valence-corrected chi connectivity index (χ2v) is 3.57. The highest BCUT2D eigenvalue weighted by atomic mass is 19.4. The van der Waals surface area contributed by atoms with Gasteiger partial charge >= 0.3 is 12.1 Å². The fourth-order valence-corrected chi connectivity index (χ4v) is 1.20. The monoisotopic (exact) mass is 288 g/mol. The molecule has 1 atom stereocenters. The molecule has 20 heavy (non-hydrogen) atoms. The van der Waals surface area contributed by atoms with Crippen LogP contribution >= 0.6 is 0 Å². The molecule has 108 valence electrons. The van der Waals surface area contributed by atoms with Crippen LogP contribution in [0.1, 0.15) is 6.92 Å². The van der Waals surface area contributed by atoms with E-state index in [1.807, 2.05) is 0 Å². The predicted octanol–water partition coefficient (Wildman–Crippen LogP) is 2.83. The molecule has 0 aliphatic rings. The second kappa shape index (κ2) is 6.78. The summed E-state index contributed by atoms with van der Waals surface area (Å²) in [5.41, 5.74) is 0.219. The number of ether oxygens (including phenoxy) is 1. The van der Waals surface area contributed by atoms with Crippen LogP contribution in [0.4, 0.5) is 18.9 Å². The third-order valence-electron chi connectivity index (χ3n) is 2.08. The molecule has 0 aliphatic heterocycles. The standard InChI is InChI=1S/C12H11F3N2O3/c1-2-20-11(19)9(10(18)12(13,14)15)17-16-8-6-4-3-5-7-8/h3-7,9H,2H2,1H3. The van der Waals surface area contributed by atoms with Gasteiger partial charge in [-0.25, -0.2) is 4.79 Å². The summed E-state index contributed by atoms with van der Waals surface area (Å²) in [7, 11) is 0. The van der Waals surface area contributed by atoms with Crippen LogP contribution < -0.4 is 0 Å². The van der Waals surface area contributed by atoms with Gasteiger partial charge in [-0.2, -0.15) is 23.4 Å². The molecular weight excluding hydrogens is 277 g/mol. The summed E-state index contributed by atoms with van der Waals surface area (Å²) in [6.45, 7) is 1.24. The first-order chi connectivity index (χ1) is 9.36. The van der Waals surface area contributed by atoms with Crippen molar-refractivity contribution in [3.05, 3.63) is 30.3 Å². The zero-order chi connectivity index (χ0) is 15.2. The summed E-state index contributed by atoms with van der Waals surface area (Å²) in [4.78, 5) is 22.5. The van der Waals surface area contributed by atoms with Gasteiger partial charge in [-0.05, 0) is 19.1 Å². The van der Waals surface area contributed by atoms with Crippen LogP contribution in [0.25, 0.3) is 0 Å². The van der Waals surface area contributed by atoms with Gasteiger partial charge in [0, 0.05) is 0 Å². The third kappa shape index (κ3) is 4.45. The number of carbonyl (C=O) groups is 2.